The molecule has 6 aromatic rings. The summed E-state index contributed by atoms with van der Waals surface area (Å²) in [5.74, 6) is -7.18. The predicted octanol–water partition coefficient (Wildman–Crippen LogP) is 10.0. The third-order valence-corrected chi connectivity index (χ3v) is 11.8. The lowest BCUT2D eigenvalue weighted by molar-refractivity contribution is -0.140. The first-order valence-electron chi connectivity index (χ1n) is 27.5. The lowest BCUT2D eigenvalue weighted by atomic mass is 10.0. The molecule has 2 heterocycles. The molecule has 0 spiro atoms. The standard InChI is InChI=1S/C30H38F2N6O5.C20H21F2N5O2.C10H19NO4/c1-16(2)24(34-29(41)43-30(5,6)7)27(40)38-23-13-17(3)9-11-20(23)25(37-38)35-28(33-18(4)15-42-8)36-26(39)19-10-12-21(31)22(32)14-19;1-11-4-6-14-17(8-11)26-27-18(14)24-20(23-12(2)10-29-3)25-19(28)13-5-7-15(21)16(22)9-13;1-6(2)7(8(12)13)11-9(14)15-10(3,4)5/h9-14,16,18,24H,15H2,1-8H3,(H,34,41)(H2,33,35,36,37,39);4-9,12H,10H2,1-3H3,(H3,23,24,25,26,27,28);6-7H,1-5H3,(H,11,14)(H,12,13)/t18-,24-;12-;7-/m000/s1. The number of H-pyrrole nitrogens is 1. The molecule has 6 rings (SSSR count). The van der Waals surface area contributed by atoms with Crippen LogP contribution in [-0.4, -0.2) is 136 Å². The molecule has 0 bridgehead atoms. The molecule has 87 heavy (non-hydrogen) atoms. The smallest absolute Gasteiger partial charge is 0.408 e. The van der Waals surface area contributed by atoms with E-state index in [2.05, 4.69) is 57.2 Å². The molecule has 0 unspecified atom stereocenters. The van der Waals surface area contributed by atoms with Gasteiger partial charge in [0.1, 0.15) is 23.3 Å². The van der Waals surface area contributed by atoms with E-state index in [1.165, 1.54) is 17.9 Å². The number of benzene rings is 4. The number of aliphatic carboxylic acids is 1. The SMILES string of the molecule is CC(C)[C@H](NC(=O)OC(C)(C)C)C(=O)O.COC[C@H](C)N=C(NC(=O)c1ccc(F)c(F)c1)Nc1n[nH]c2cc(C)ccc12.COC[C@H](C)N=C(NC(=O)c1ccc(F)c(F)c1)Nc1nn(C(=O)[C@@H](NC(=O)OC(C)(C)C)C(C)C)c2cc(C)ccc12. The number of aliphatic imine (C=N–C) groups is 2. The average Bonchev–Trinajstić information content (AvgIpc) is 1.73. The highest BCUT2D eigenvalue weighted by atomic mass is 19.2. The first kappa shape index (κ1) is 70.5. The number of methoxy groups -OCH3 is 2. The Morgan fingerprint density at radius 2 is 1.03 bits per heavy atom. The summed E-state index contributed by atoms with van der Waals surface area (Å²) < 4.78 is 75.6. The number of aromatic nitrogens is 4. The normalized spacial score (nSPS) is 13.3. The van der Waals surface area contributed by atoms with Gasteiger partial charge < -0.3 is 45.3 Å². The zero-order chi connectivity index (χ0) is 65.2. The van der Waals surface area contributed by atoms with E-state index in [9.17, 15) is 46.3 Å². The highest BCUT2D eigenvalue weighted by Gasteiger charge is 2.31. The van der Waals surface area contributed by atoms with Crippen molar-refractivity contribution in [1.82, 2.24) is 41.2 Å². The van der Waals surface area contributed by atoms with Crippen molar-refractivity contribution in [1.29, 1.82) is 0 Å². The van der Waals surface area contributed by atoms with Gasteiger partial charge in [0.05, 0.1) is 36.3 Å². The van der Waals surface area contributed by atoms with Crippen molar-refractivity contribution >= 4 is 81.2 Å². The Labute approximate surface area is 501 Å². The number of rotatable bonds is 16. The summed E-state index contributed by atoms with van der Waals surface area (Å²) >= 11 is 0. The van der Waals surface area contributed by atoms with Gasteiger partial charge in [0.2, 0.25) is 11.9 Å². The number of nitrogens with zero attached hydrogens (tertiary/aromatic N) is 5. The van der Waals surface area contributed by atoms with Crippen LogP contribution in [-0.2, 0) is 23.7 Å². The molecule has 4 atom stereocenters. The third-order valence-electron chi connectivity index (χ3n) is 11.8. The van der Waals surface area contributed by atoms with Gasteiger partial charge in [0, 0.05) is 36.1 Å². The fourth-order valence-corrected chi connectivity index (χ4v) is 7.79. The molecule has 0 saturated carbocycles. The largest absolute Gasteiger partial charge is 0.480 e. The van der Waals surface area contributed by atoms with Crippen LogP contribution in [0.3, 0.4) is 0 Å². The number of nitrogens with one attached hydrogen (secondary N) is 7. The first-order valence-corrected chi connectivity index (χ1v) is 27.5. The minimum absolute atomic E-state index is 0.0414. The summed E-state index contributed by atoms with van der Waals surface area (Å²) in [5, 5.41) is 37.9. The molecule has 2 aromatic heterocycles. The summed E-state index contributed by atoms with van der Waals surface area (Å²) in [6.45, 7) is 25.2. The van der Waals surface area contributed by atoms with Crippen molar-refractivity contribution in [3.63, 3.8) is 0 Å². The van der Waals surface area contributed by atoms with Crippen molar-refractivity contribution in [3.8, 4) is 0 Å². The molecule has 0 aliphatic carbocycles. The van der Waals surface area contributed by atoms with E-state index in [0.29, 0.717) is 23.3 Å². The number of carboxylic acids is 1. The van der Waals surface area contributed by atoms with E-state index in [4.69, 9.17) is 24.1 Å². The maximum atomic E-state index is 13.8. The topological polar surface area (TPSA) is 303 Å². The molecule has 4 amide bonds. The number of carbonyl (C=O) groups is 6. The van der Waals surface area contributed by atoms with Gasteiger partial charge in [0.25, 0.3) is 17.7 Å². The van der Waals surface area contributed by atoms with Crippen LogP contribution in [0.5, 0.6) is 0 Å². The summed E-state index contributed by atoms with van der Waals surface area (Å²) in [4.78, 5) is 82.7. The van der Waals surface area contributed by atoms with Gasteiger partial charge in [-0.15, -0.1) is 5.10 Å². The summed E-state index contributed by atoms with van der Waals surface area (Å²) in [5.41, 5.74) is 1.63. The number of aryl methyl sites for hydroxylation is 2. The van der Waals surface area contributed by atoms with Crippen LogP contribution in [0.4, 0.5) is 38.8 Å². The van der Waals surface area contributed by atoms with Gasteiger partial charge in [0.15, 0.2) is 34.9 Å². The highest BCUT2D eigenvalue weighted by Crippen LogP contribution is 2.26. The number of aromatic amines is 1. The molecular weight excluding hydrogens is 1140 g/mol. The third kappa shape index (κ3) is 22.1. The van der Waals surface area contributed by atoms with E-state index >= 15 is 0 Å². The molecule has 0 radical (unpaired) electrons. The number of fused-ring (bicyclic) bond motifs is 2. The highest BCUT2D eigenvalue weighted by molar-refractivity contribution is 6.13. The van der Waals surface area contributed by atoms with E-state index < -0.39 is 88.5 Å². The molecule has 27 heteroatoms. The predicted molar refractivity (Wildman–Crippen MR) is 322 cm³/mol. The first-order chi connectivity index (χ1) is 40.6. The summed E-state index contributed by atoms with van der Waals surface area (Å²) in [7, 11) is 3.04. The van der Waals surface area contributed by atoms with Crippen molar-refractivity contribution in [2.24, 2.45) is 21.8 Å². The van der Waals surface area contributed by atoms with Crippen LogP contribution in [0.15, 0.2) is 82.8 Å². The maximum Gasteiger partial charge on any atom is 0.408 e. The van der Waals surface area contributed by atoms with Crippen LogP contribution >= 0.6 is 0 Å². The molecule has 8 N–H and O–H groups in total. The molecule has 0 aliphatic heterocycles. The minimum Gasteiger partial charge on any atom is -0.480 e. The van der Waals surface area contributed by atoms with E-state index in [1.807, 2.05) is 38.1 Å². The lowest BCUT2D eigenvalue weighted by Gasteiger charge is -2.25. The van der Waals surface area contributed by atoms with Gasteiger partial charge >= 0.3 is 18.2 Å². The molecule has 0 fully saturated rings. The van der Waals surface area contributed by atoms with Crippen LogP contribution in [0.1, 0.15) is 120 Å². The number of hydrogen-bond donors (Lipinski definition) is 8. The lowest BCUT2D eigenvalue weighted by Crippen LogP contribution is -2.48. The number of ether oxygens (including phenoxy) is 4. The number of hydrogen-bond acceptors (Lipinski definition) is 14. The van der Waals surface area contributed by atoms with Gasteiger partial charge in [-0.3, -0.25) is 30.1 Å². The zero-order valence-corrected chi connectivity index (χ0v) is 51.6. The summed E-state index contributed by atoms with van der Waals surface area (Å²) in [6, 6.07) is 14.2. The Balaban J connectivity index is 0.000000315. The zero-order valence-electron chi connectivity index (χ0n) is 51.6. The second kappa shape index (κ2) is 31.4. The van der Waals surface area contributed by atoms with Gasteiger partial charge in [-0.1, -0.05) is 39.8 Å². The number of carboxylic acid groups (broad SMARTS) is 1. The number of guanidine groups is 2. The van der Waals surface area contributed by atoms with Crippen molar-refractivity contribution < 1.29 is 70.4 Å². The van der Waals surface area contributed by atoms with E-state index in [1.54, 1.807) is 102 Å². The van der Waals surface area contributed by atoms with Crippen LogP contribution in [0.2, 0.25) is 0 Å². The molecular formula is C60H78F4N12O11. The van der Waals surface area contributed by atoms with Gasteiger partial charge in [-0.25, -0.2) is 41.9 Å². The Hall–Kier alpha value is -8.98. The van der Waals surface area contributed by atoms with Crippen LogP contribution < -0.4 is 31.9 Å². The molecule has 4 aromatic carbocycles. The number of anilines is 2. The second-order valence-electron chi connectivity index (χ2n) is 22.8. The van der Waals surface area contributed by atoms with Crippen molar-refractivity contribution in [3.05, 3.63) is 118 Å². The van der Waals surface area contributed by atoms with Crippen LogP contribution in [0.25, 0.3) is 21.8 Å². The molecule has 0 aliphatic rings. The number of halogens is 4. The fourth-order valence-electron chi connectivity index (χ4n) is 7.79. The van der Waals surface area contributed by atoms with Gasteiger partial charge in [-0.2, -0.15) is 9.78 Å². The van der Waals surface area contributed by atoms with Crippen molar-refractivity contribution in [2.75, 3.05) is 38.1 Å². The fraction of sp³-hybridized carbons (Fsp3) is 0.433. The Bertz CT molecular complexity index is 3460. The maximum absolute atomic E-state index is 13.8. The van der Waals surface area contributed by atoms with E-state index in [0.717, 1.165) is 52.4 Å². The molecule has 0 saturated heterocycles. The molecule has 23 nitrogen and oxygen atoms in total. The Morgan fingerprint density at radius 1 is 0.598 bits per heavy atom. The van der Waals surface area contributed by atoms with Gasteiger partial charge in [-0.05, 0) is 153 Å². The number of carbonyl (C=O) groups excluding carboxylic acids is 5. The number of alkyl carbamates (subject to hydrolysis) is 2. The van der Waals surface area contributed by atoms with Crippen LogP contribution in [0, 0.1) is 49.0 Å². The number of amides is 4. The monoisotopic (exact) mass is 1220 g/mol. The summed E-state index contributed by atoms with van der Waals surface area (Å²) in [6.07, 6.45) is -1.45. The average molecular weight is 1220 g/mol. The minimum atomic E-state index is -1.18. The van der Waals surface area contributed by atoms with E-state index in [-0.39, 0.29) is 53.3 Å². The van der Waals surface area contributed by atoms with Crippen molar-refractivity contribution in [2.45, 2.75) is 132 Å². The second-order valence-corrected chi connectivity index (χ2v) is 22.8. The molecule has 472 valence electrons. The quantitative estimate of drug-likeness (QED) is 0.0254. The Kier molecular flexibility index (Phi) is 25.5. The Morgan fingerprint density at radius 3 is 1.46 bits per heavy atom.